The van der Waals surface area contributed by atoms with Gasteiger partial charge in [-0.3, -0.25) is 30.2 Å². The Balaban J connectivity index is 1.24. The number of piperazine rings is 1. The van der Waals surface area contributed by atoms with Crippen molar-refractivity contribution in [3.63, 3.8) is 0 Å². The molecule has 202 valence electrons. The van der Waals surface area contributed by atoms with Gasteiger partial charge in [-0.2, -0.15) is 0 Å². The number of amides is 2. The summed E-state index contributed by atoms with van der Waals surface area (Å²) in [6.07, 6.45) is -1.45. The molecule has 2 fully saturated rings. The molecule has 0 radical (unpaired) electrons. The standard InChI is InChI=1S/C27H33N5O6/c1-3-36-25(33)19(2)31-15-13-30(14-16-31)17-23-18-32(27(35)38-23)21-11-9-20(10-12-21)24(28)29-26(34)37-22-7-5-4-6-8-22/h4-12,19,23H,3,13-18H2,1-2H3,(H2,28,29,34). The van der Waals surface area contributed by atoms with Gasteiger partial charge in [-0.05, 0) is 50.2 Å². The van der Waals surface area contributed by atoms with Gasteiger partial charge in [-0.1, -0.05) is 18.2 Å². The van der Waals surface area contributed by atoms with Gasteiger partial charge >= 0.3 is 18.2 Å². The summed E-state index contributed by atoms with van der Waals surface area (Å²) < 4.78 is 15.9. The molecule has 2 aromatic rings. The van der Waals surface area contributed by atoms with E-state index in [4.69, 9.17) is 19.6 Å². The van der Waals surface area contributed by atoms with Crippen molar-refractivity contribution in [1.29, 1.82) is 5.41 Å². The maximum Gasteiger partial charge on any atom is 0.418 e. The number of benzene rings is 2. The Labute approximate surface area is 221 Å². The number of anilines is 1. The molecule has 2 saturated heterocycles. The highest BCUT2D eigenvalue weighted by molar-refractivity contribution is 6.05. The van der Waals surface area contributed by atoms with E-state index in [0.29, 0.717) is 36.7 Å². The van der Waals surface area contributed by atoms with Crippen molar-refractivity contribution in [3.8, 4) is 5.75 Å². The lowest BCUT2D eigenvalue weighted by Gasteiger charge is -2.37. The number of carbonyl (C=O) groups excluding carboxylic acids is 3. The number of para-hydroxylation sites is 1. The quantitative estimate of drug-likeness (QED) is 0.308. The molecule has 0 aliphatic carbocycles. The minimum atomic E-state index is -0.757. The summed E-state index contributed by atoms with van der Waals surface area (Å²) in [7, 11) is 0. The molecule has 2 aliphatic rings. The summed E-state index contributed by atoms with van der Waals surface area (Å²) in [6.45, 7) is 8.09. The van der Waals surface area contributed by atoms with E-state index in [1.54, 1.807) is 60.4 Å². The number of esters is 1. The van der Waals surface area contributed by atoms with Crippen molar-refractivity contribution < 1.29 is 28.6 Å². The zero-order valence-electron chi connectivity index (χ0n) is 21.6. The number of hydrogen-bond donors (Lipinski definition) is 2. The van der Waals surface area contributed by atoms with Crippen LogP contribution in [0, 0.1) is 5.41 Å². The maximum atomic E-state index is 12.6. The van der Waals surface area contributed by atoms with Gasteiger partial charge < -0.3 is 14.2 Å². The van der Waals surface area contributed by atoms with E-state index in [1.807, 2.05) is 13.0 Å². The zero-order chi connectivity index (χ0) is 27.1. The van der Waals surface area contributed by atoms with Crippen LogP contribution < -0.4 is 15.0 Å². The molecule has 38 heavy (non-hydrogen) atoms. The lowest BCUT2D eigenvalue weighted by atomic mass is 10.1. The minimum absolute atomic E-state index is 0.115. The SMILES string of the molecule is CCOC(=O)C(C)N1CCN(CC2CN(c3ccc(C(=N)NC(=O)Oc4ccccc4)cc3)C(=O)O2)CC1. The molecule has 0 bridgehead atoms. The van der Waals surface area contributed by atoms with Crippen LogP contribution in [0.3, 0.4) is 0 Å². The predicted molar refractivity (Wildman–Crippen MR) is 141 cm³/mol. The molecule has 4 rings (SSSR count). The fourth-order valence-corrected chi connectivity index (χ4v) is 4.46. The molecule has 2 N–H and O–H groups in total. The van der Waals surface area contributed by atoms with E-state index in [0.717, 1.165) is 26.2 Å². The number of cyclic esters (lactones) is 1. The molecule has 0 saturated carbocycles. The van der Waals surface area contributed by atoms with Crippen molar-refractivity contribution in [1.82, 2.24) is 15.1 Å². The molecule has 2 heterocycles. The molecule has 2 aliphatic heterocycles. The van der Waals surface area contributed by atoms with Gasteiger partial charge in [-0.15, -0.1) is 0 Å². The Morgan fingerprint density at radius 1 is 1.08 bits per heavy atom. The van der Waals surface area contributed by atoms with Gasteiger partial charge in [0.25, 0.3) is 0 Å². The number of amidine groups is 1. The van der Waals surface area contributed by atoms with Crippen LogP contribution in [0.5, 0.6) is 5.75 Å². The fourth-order valence-electron chi connectivity index (χ4n) is 4.46. The maximum absolute atomic E-state index is 12.6. The Bertz CT molecular complexity index is 1130. The van der Waals surface area contributed by atoms with Crippen molar-refractivity contribution in [2.45, 2.75) is 26.0 Å². The zero-order valence-corrected chi connectivity index (χ0v) is 21.6. The highest BCUT2D eigenvalue weighted by Crippen LogP contribution is 2.23. The first kappa shape index (κ1) is 27.1. The van der Waals surface area contributed by atoms with E-state index in [2.05, 4.69) is 15.1 Å². The third-order valence-corrected chi connectivity index (χ3v) is 6.57. The molecule has 11 heteroatoms. The van der Waals surface area contributed by atoms with Crippen molar-refractivity contribution in [3.05, 3.63) is 60.2 Å². The topological polar surface area (TPSA) is 125 Å². The van der Waals surface area contributed by atoms with E-state index < -0.39 is 12.2 Å². The van der Waals surface area contributed by atoms with Crippen LogP contribution in [0.4, 0.5) is 15.3 Å². The average molecular weight is 524 g/mol. The second-order valence-corrected chi connectivity index (χ2v) is 9.13. The van der Waals surface area contributed by atoms with Crippen LogP contribution in [0.25, 0.3) is 0 Å². The number of ether oxygens (including phenoxy) is 3. The van der Waals surface area contributed by atoms with Crippen LogP contribution >= 0.6 is 0 Å². The molecule has 0 aromatic heterocycles. The summed E-state index contributed by atoms with van der Waals surface area (Å²) >= 11 is 0. The van der Waals surface area contributed by atoms with Gasteiger partial charge in [0.2, 0.25) is 0 Å². The lowest BCUT2D eigenvalue weighted by Crippen LogP contribution is -2.53. The molecule has 11 nitrogen and oxygen atoms in total. The Morgan fingerprint density at radius 3 is 2.42 bits per heavy atom. The van der Waals surface area contributed by atoms with Gasteiger partial charge in [-0.25, -0.2) is 9.59 Å². The van der Waals surface area contributed by atoms with Gasteiger partial charge in [0.1, 0.15) is 23.7 Å². The third-order valence-electron chi connectivity index (χ3n) is 6.57. The highest BCUT2D eigenvalue weighted by Gasteiger charge is 2.35. The van der Waals surface area contributed by atoms with Crippen molar-refractivity contribution >= 4 is 29.7 Å². The monoisotopic (exact) mass is 523 g/mol. The van der Waals surface area contributed by atoms with Crippen molar-refractivity contribution in [2.75, 3.05) is 50.8 Å². The number of rotatable bonds is 8. The number of carbonyl (C=O) groups is 3. The van der Waals surface area contributed by atoms with Crippen molar-refractivity contribution in [2.24, 2.45) is 0 Å². The largest absolute Gasteiger partial charge is 0.465 e. The van der Waals surface area contributed by atoms with Gasteiger partial charge in [0.05, 0.1) is 13.2 Å². The molecule has 2 atom stereocenters. The highest BCUT2D eigenvalue weighted by atomic mass is 16.6. The predicted octanol–water partition coefficient (Wildman–Crippen LogP) is 2.69. The van der Waals surface area contributed by atoms with E-state index in [-0.39, 0.29) is 24.0 Å². The molecular formula is C27H33N5O6. The Kier molecular flexibility index (Phi) is 8.93. The first-order chi connectivity index (χ1) is 18.3. The molecule has 0 spiro atoms. The molecule has 2 amide bonds. The number of hydrogen-bond acceptors (Lipinski definition) is 9. The number of nitrogens with zero attached hydrogens (tertiary/aromatic N) is 3. The second-order valence-electron chi connectivity index (χ2n) is 9.13. The summed E-state index contributed by atoms with van der Waals surface area (Å²) in [6, 6.07) is 15.1. The van der Waals surface area contributed by atoms with Crippen LogP contribution in [0.1, 0.15) is 19.4 Å². The second kappa shape index (κ2) is 12.5. The van der Waals surface area contributed by atoms with Crippen LogP contribution in [-0.4, -0.2) is 91.8 Å². The van der Waals surface area contributed by atoms with Gasteiger partial charge in [0, 0.05) is 44.0 Å². The molecule has 2 unspecified atom stereocenters. The van der Waals surface area contributed by atoms with Crippen LogP contribution in [-0.2, 0) is 14.3 Å². The fraction of sp³-hybridized carbons (Fsp3) is 0.407. The summed E-state index contributed by atoms with van der Waals surface area (Å²) in [5.74, 6) is 0.0597. The minimum Gasteiger partial charge on any atom is -0.465 e. The van der Waals surface area contributed by atoms with E-state index in [1.165, 1.54) is 0 Å². The number of nitrogens with one attached hydrogen (secondary N) is 2. The van der Waals surface area contributed by atoms with Crippen LogP contribution in [0.2, 0.25) is 0 Å². The lowest BCUT2D eigenvalue weighted by molar-refractivity contribution is -0.149. The van der Waals surface area contributed by atoms with E-state index >= 15 is 0 Å². The summed E-state index contributed by atoms with van der Waals surface area (Å²) in [5, 5.41) is 10.6. The first-order valence-corrected chi connectivity index (χ1v) is 12.7. The normalized spacial score (nSPS) is 18.9. The summed E-state index contributed by atoms with van der Waals surface area (Å²) in [5.41, 5.74) is 1.12. The Hall–Kier alpha value is -3.96. The first-order valence-electron chi connectivity index (χ1n) is 12.7. The molecular weight excluding hydrogens is 490 g/mol. The Morgan fingerprint density at radius 2 is 1.76 bits per heavy atom. The molecule has 2 aromatic carbocycles. The van der Waals surface area contributed by atoms with Crippen LogP contribution in [0.15, 0.2) is 54.6 Å². The average Bonchev–Trinajstić information content (AvgIpc) is 3.29. The van der Waals surface area contributed by atoms with E-state index in [9.17, 15) is 14.4 Å². The third kappa shape index (κ3) is 6.87. The summed E-state index contributed by atoms with van der Waals surface area (Å²) in [4.78, 5) is 42.5. The smallest absolute Gasteiger partial charge is 0.418 e. The van der Waals surface area contributed by atoms with Gasteiger partial charge in [0.15, 0.2) is 0 Å².